The van der Waals surface area contributed by atoms with Crippen molar-refractivity contribution in [3.63, 3.8) is 0 Å². The molecule has 3 heterocycles. The predicted octanol–water partition coefficient (Wildman–Crippen LogP) is 3.03. The molecule has 0 radical (unpaired) electrons. The first-order valence-corrected chi connectivity index (χ1v) is 8.24. The average molecular weight is 356 g/mol. The number of carbonyl (C=O) groups excluding carboxylic acids is 1. The summed E-state index contributed by atoms with van der Waals surface area (Å²) in [5.74, 6) is -0.0280. The molecule has 1 amide bonds. The third kappa shape index (κ3) is 2.95. The Labute approximate surface area is 148 Å². The number of H-pyrrole nitrogens is 1. The van der Waals surface area contributed by atoms with Crippen LogP contribution in [-0.2, 0) is 0 Å². The van der Waals surface area contributed by atoms with Gasteiger partial charge in [0.15, 0.2) is 11.6 Å². The van der Waals surface area contributed by atoms with Crippen LogP contribution < -0.4 is 20.5 Å². The molecular weight excluding hydrogens is 339 g/mol. The van der Waals surface area contributed by atoms with Crippen LogP contribution in [0.3, 0.4) is 0 Å². The van der Waals surface area contributed by atoms with E-state index >= 15 is 4.39 Å². The third-order valence-electron chi connectivity index (χ3n) is 4.42. The fourth-order valence-corrected chi connectivity index (χ4v) is 3.26. The summed E-state index contributed by atoms with van der Waals surface area (Å²) >= 11 is 0. The molecule has 0 bridgehead atoms. The number of aromatic amines is 1. The number of aromatic nitrogens is 2. The van der Waals surface area contributed by atoms with Crippen LogP contribution in [0, 0.1) is 5.82 Å². The third-order valence-corrected chi connectivity index (χ3v) is 4.42. The number of carbonyl (C=O) groups is 1. The Bertz CT molecular complexity index is 966. The van der Waals surface area contributed by atoms with Crippen LogP contribution in [0.5, 0.6) is 17.2 Å². The maximum absolute atomic E-state index is 15.2. The van der Waals surface area contributed by atoms with Crippen molar-refractivity contribution in [2.24, 2.45) is 5.73 Å². The zero-order valence-electron chi connectivity index (χ0n) is 13.8. The monoisotopic (exact) mass is 356 g/mol. The Kier molecular flexibility index (Phi) is 4.18. The lowest BCUT2D eigenvalue weighted by molar-refractivity contribution is 0.210. The zero-order chi connectivity index (χ0) is 18.1. The number of rotatable bonds is 4. The summed E-state index contributed by atoms with van der Waals surface area (Å²) in [5, 5.41) is 3.92. The average Bonchev–Trinajstić information content (AvgIpc) is 3.28. The van der Waals surface area contributed by atoms with E-state index in [0.717, 1.165) is 18.4 Å². The Hall–Kier alpha value is -3.13. The number of halogens is 1. The topological polar surface area (TPSA) is 102 Å². The van der Waals surface area contributed by atoms with Crippen molar-refractivity contribution in [3.8, 4) is 17.2 Å². The van der Waals surface area contributed by atoms with Crippen molar-refractivity contribution in [2.75, 3.05) is 13.1 Å². The van der Waals surface area contributed by atoms with Crippen molar-refractivity contribution in [1.29, 1.82) is 0 Å². The minimum absolute atomic E-state index is 0.0532. The SMILES string of the molecule is NC(=O)Oc1ccc(Oc2ccnc3[nH]ccc23)c(F)c1C1CCNC1. The van der Waals surface area contributed by atoms with Crippen molar-refractivity contribution < 1.29 is 18.7 Å². The van der Waals surface area contributed by atoms with Gasteiger partial charge in [0.05, 0.1) is 5.39 Å². The number of fused-ring (bicyclic) bond motifs is 1. The van der Waals surface area contributed by atoms with E-state index in [1.807, 2.05) is 6.07 Å². The van der Waals surface area contributed by atoms with Crippen molar-refractivity contribution in [1.82, 2.24) is 15.3 Å². The normalized spacial score (nSPS) is 16.7. The van der Waals surface area contributed by atoms with Gasteiger partial charge in [0, 0.05) is 30.4 Å². The largest absolute Gasteiger partial charge is 0.453 e. The molecule has 26 heavy (non-hydrogen) atoms. The molecule has 1 fully saturated rings. The number of primary amides is 1. The summed E-state index contributed by atoms with van der Waals surface area (Å²) in [6, 6.07) is 6.41. The van der Waals surface area contributed by atoms with Crippen LogP contribution in [0.1, 0.15) is 17.9 Å². The zero-order valence-corrected chi connectivity index (χ0v) is 13.8. The fraction of sp³-hybridized carbons (Fsp3) is 0.222. The number of benzene rings is 1. The Morgan fingerprint density at radius 2 is 2.08 bits per heavy atom. The quantitative estimate of drug-likeness (QED) is 0.667. The van der Waals surface area contributed by atoms with E-state index < -0.39 is 11.9 Å². The van der Waals surface area contributed by atoms with Gasteiger partial charge >= 0.3 is 6.09 Å². The number of pyridine rings is 1. The van der Waals surface area contributed by atoms with Crippen LogP contribution in [-0.4, -0.2) is 29.2 Å². The molecule has 4 N–H and O–H groups in total. The molecule has 1 aromatic carbocycles. The van der Waals surface area contributed by atoms with Gasteiger partial charge < -0.3 is 25.5 Å². The summed E-state index contributed by atoms with van der Waals surface area (Å²) in [6.07, 6.45) is 3.07. The molecule has 134 valence electrons. The van der Waals surface area contributed by atoms with Gasteiger partial charge in [0.2, 0.25) is 0 Å². The highest BCUT2D eigenvalue weighted by atomic mass is 19.1. The molecule has 3 aromatic rings. The van der Waals surface area contributed by atoms with Crippen molar-refractivity contribution in [3.05, 3.63) is 48.0 Å². The second-order valence-electron chi connectivity index (χ2n) is 6.05. The molecule has 2 aromatic heterocycles. The highest BCUT2D eigenvalue weighted by molar-refractivity contribution is 5.82. The van der Waals surface area contributed by atoms with E-state index in [9.17, 15) is 4.79 Å². The Balaban J connectivity index is 1.75. The predicted molar refractivity (Wildman–Crippen MR) is 93.0 cm³/mol. The second-order valence-corrected chi connectivity index (χ2v) is 6.05. The first-order valence-electron chi connectivity index (χ1n) is 8.24. The minimum Gasteiger partial charge on any atom is -0.453 e. The van der Waals surface area contributed by atoms with Crippen LogP contribution in [0.25, 0.3) is 11.0 Å². The number of amides is 1. The molecule has 4 rings (SSSR count). The summed E-state index contributed by atoms with van der Waals surface area (Å²) in [4.78, 5) is 18.3. The maximum atomic E-state index is 15.2. The van der Waals surface area contributed by atoms with E-state index in [4.69, 9.17) is 15.2 Å². The maximum Gasteiger partial charge on any atom is 0.409 e. The van der Waals surface area contributed by atoms with Gasteiger partial charge in [0.1, 0.15) is 17.1 Å². The van der Waals surface area contributed by atoms with E-state index in [-0.39, 0.29) is 17.4 Å². The van der Waals surface area contributed by atoms with Crippen LogP contribution >= 0.6 is 0 Å². The summed E-state index contributed by atoms with van der Waals surface area (Å²) in [5.41, 5.74) is 6.06. The number of hydrogen-bond donors (Lipinski definition) is 3. The number of hydrogen-bond acceptors (Lipinski definition) is 5. The van der Waals surface area contributed by atoms with E-state index in [1.165, 1.54) is 12.1 Å². The first-order chi connectivity index (χ1) is 12.6. The van der Waals surface area contributed by atoms with E-state index in [2.05, 4.69) is 15.3 Å². The lowest BCUT2D eigenvalue weighted by Crippen LogP contribution is -2.19. The Morgan fingerprint density at radius 3 is 2.85 bits per heavy atom. The molecule has 1 saturated heterocycles. The highest BCUT2D eigenvalue weighted by Gasteiger charge is 2.27. The molecule has 1 aliphatic heterocycles. The molecule has 1 unspecified atom stereocenters. The van der Waals surface area contributed by atoms with E-state index in [1.54, 1.807) is 18.5 Å². The summed E-state index contributed by atoms with van der Waals surface area (Å²) in [7, 11) is 0. The molecule has 0 saturated carbocycles. The van der Waals surface area contributed by atoms with E-state index in [0.29, 0.717) is 23.5 Å². The van der Waals surface area contributed by atoms with Crippen LogP contribution in [0.2, 0.25) is 0 Å². The molecule has 7 nitrogen and oxygen atoms in total. The van der Waals surface area contributed by atoms with Crippen molar-refractivity contribution in [2.45, 2.75) is 12.3 Å². The number of nitrogens with zero attached hydrogens (tertiary/aromatic N) is 1. The number of ether oxygens (including phenoxy) is 2. The number of nitrogens with two attached hydrogens (primary N) is 1. The fourth-order valence-electron chi connectivity index (χ4n) is 3.26. The smallest absolute Gasteiger partial charge is 0.409 e. The van der Waals surface area contributed by atoms with Gasteiger partial charge in [-0.3, -0.25) is 0 Å². The highest BCUT2D eigenvalue weighted by Crippen LogP contribution is 2.39. The van der Waals surface area contributed by atoms with Gasteiger partial charge in [-0.25, -0.2) is 14.2 Å². The number of nitrogens with one attached hydrogen (secondary N) is 2. The van der Waals surface area contributed by atoms with Gasteiger partial charge in [0.25, 0.3) is 0 Å². The standard InChI is InChI=1S/C18H17FN4O3/c19-16-14(25-12-5-8-23-17-11(12)4-7-22-17)2-1-13(26-18(20)24)15(16)10-3-6-21-9-10/h1-2,4-5,7-8,10,21H,3,6,9H2,(H2,20,24)(H,22,23). The van der Waals surface area contributed by atoms with Gasteiger partial charge in [-0.15, -0.1) is 0 Å². The van der Waals surface area contributed by atoms with Gasteiger partial charge in [-0.1, -0.05) is 0 Å². The molecule has 0 spiro atoms. The molecule has 1 aliphatic rings. The molecule has 8 heteroatoms. The van der Waals surface area contributed by atoms with Crippen LogP contribution in [0.15, 0.2) is 36.7 Å². The Morgan fingerprint density at radius 1 is 1.23 bits per heavy atom. The lowest BCUT2D eigenvalue weighted by Gasteiger charge is -2.17. The minimum atomic E-state index is -0.978. The van der Waals surface area contributed by atoms with Gasteiger partial charge in [-0.2, -0.15) is 0 Å². The lowest BCUT2D eigenvalue weighted by atomic mass is 9.96. The second kappa shape index (κ2) is 6.64. The van der Waals surface area contributed by atoms with Crippen molar-refractivity contribution >= 4 is 17.1 Å². The molecule has 0 aliphatic carbocycles. The first kappa shape index (κ1) is 16.3. The molecular formula is C18H17FN4O3. The molecule has 1 atom stereocenters. The summed E-state index contributed by atoms with van der Waals surface area (Å²) in [6.45, 7) is 1.35. The van der Waals surface area contributed by atoms with Gasteiger partial charge in [-0.05, 0) is 37.2 Å². The summed E-state index contributed by atoms with van der Waals surface area (Å²) < 4.78 is 26.1. The van der Waals surface area contributed by atoms with Crippen LogP contribution in [0.4, 0.5) is 9.18 Å².